The minimum absolute atomic E-state index is 0.0377. The Balaban J connectivity index is 1.89. The number of hydrogen-bond acceptors (Lipinski definition) is 7. The van der Waals surface area contributed by atoms with Crippen LogP contribution in [0.15, 0.2) is 66.7 Å². The van der Waals surface area contributed by atoms with Crippen LogP contribution in [0, 0.1) is 0 Å². The first kappa shape index (κ1) is 36.1. The molecule has 10 heteroatoms. The van der Waals surface area contributed by atoms with Crippen molar-refractivity contribution in [2.24, 2.45) is 0 Å². The van der Waals surface area contributed by atoms with Crippen molar-refractivity contribution in [1.29, 1.82) is 0 Å². The highest BCUT2D eigenvalue weighted by atomic mass is 35.5. The third-order valence-corrected chi connectivity index (χ3v) is 12.6. The number of esters is 1. The van der Waals surface area contributed by atoms with Crippen molar-refractivity contribution in [3.8, 4) is 11.3 Å². The van der Waals surface area contributed by atoms with Gasteiger partial charge in [-0.25, -0.2) is 14.6 Å². The van der Waals surface area contributed by atoms with Crippen molar-refractivity contribution in [3.05, 3.63) is 83.0 Å². The number of halogens is 1. The third-order valence-electron chi connectivity index (χ3n) is 7.89. The van der Waals surface area contributed by atoms with Gasteiger partial charge in [0.15, 0.2) is 8.32 Å². The molecule has 3 aromatic rings. The van der Waals surface area contributed by atoms with Gasteiger partial charge < -0.3 is 24.1 Å². The standard InChI is InChI=1S/C35H48ClN3O5Si/c1-24(22-37-28-17-12-14-25(21-28)29-18-13-19-30(38-29)32(40)42-8)39(33(41)43-34(2,3)4)23-31(26-15-11-16-27(36)20-26)44-45(9,10)35(5,6)7/h11-21,24,31,37H,22-23H2,1-10H3/t24-,31+/m1/s1. The van der Waals surface area contributed by atoms with Crippen LogP contribution in [-0.2, 0) is 13.9 Å². The first-order valence-electron chi connectivity index (χ1n) is 15.2. The van der Waals surface area contributed by atoms with E-state index in [1.807, 2.05) is 82.3 Å². The van der Waals surface area contributed by atoms with E-state index in [1.165, 1.54) is 7.11 Å². The molecule has 1 amide bonds. The van der Waals surface area contributed by atoms with Crippen LogP contribution in [0.5, 0.6) is 0 Å². The first-order valence-corrected chi connectivity index (χ1v) is 18.5. The highest BCUT2D eigenvalue weighted by molar-refractivity contribution is 6.74. The summed E-state index contributed by atoms with van der Waals surface area (Å²) in [5.41, 5.74) is 2.81. The number of ether oxygens (including phenoxy) is 2. The van der Waals surface area contributed by atoms with Crippen LogP contribution in [-0.4, -0.2) is 62.1 Å². The Hall–Kier alpha value is -3.40. The van der Waals surface area contributed by atoms with Crippen LogP contribution >= 0.6 is 11.6 Å². The Morgan fingerprint density at radius 2 is 1.64 bits per heavy atom. The maximum atomic E-state index is 13.7. The van der Waals surface area contributed by atoms with Gasteiger partial charge in [-0.1, -0.05) is 62.7 Å². The van der Waals surface area contributed by atoms with E-state index in [0.29, 0.717) is 17.3 Å². The molecule has 244 valence electrons. The molecule has 1 aromatic heterocycles. The second-order valence-corrected chi connectivity index (χ2v) is 19.0. The topological polar surface area (TPSA) is 90.0 Å². The average molecular weight is 654 g/mol. The quantitative estimate of drug-likeness (QED) is 0.163. The number of carbonyl (C=O) groups excluding carboxylic acids is 2. The predicted molar refractivity (Wildman–Crippen MR) is 184 cm³/mol. The lowest BCUT2D eigenvalue weighted by atomic mass is 10.1. The molecule has 8 nitrogen and oxygen atoms in total. The number of methoxy groups -OCH3 is 1. The number of nitrogens with zero attached hydrogens (tertiary/aromatic N) is 2. The fourth-order valence-electron chi connectivity index (χ4n) is 4.36. The average Bonchev–Trinajstić information content (AvgIpc) is 2.96. The molecule has 3 rings (SSSR count). The number of aromatic nitrogens is 1. The summed E-state index contributed by atoms with van der Waals surface area (Å²) in [6.07, 6.45) is -0.823. The molecule has 0 saturated carbocycles. The molecule has 0 spiro atoms. The summed E-state index contributed by atoms with van der Waals surface area (Å²) in [5, 5.41) is 4.05. The van der Waals surface area contributed by atoms with Crippen LogP contribution in [0.3, 0.4) is 0 Å². The largest absolute Gasteiger partial charge is 0.464 e. The highest BCUT2D eigenvalue weighted by Gasteiger charge is 2.41. The highest BCUT2D eigenvalue weighted by Crippen LogP contribution is 2.40. The number of nitrogens with one attached hydrogen (secondary N) is 1. The first-order chi connectivity index (χ1) is 20.9. The van der Waals surface area contributed by atoms with Gasteiger partial charge in [0.05, 0.1) is 25.5 Å². The van der Waals surface area contributed by atoms with E-state index >= 15 is 0 Å². The Labute approximate surface area is 274 Å². The van der Waals surface area contributed by atoms with Crippen molar-refractivity contribution in [3.63, 3.8) is 0 Å². The maximum absolute atomic E-state index is 13.7. The Morgan fingerprint density at radius 3 is 2.27 bits per heavy atom. The predicted octanol–water partition coefficient (Wildman–Crippen LogP) is 8.99. The number of anilines is 1. The van der Waals surface area contributed by atoms with Crippen LogP contribution in [0.2, 0.25) is 23.2 Å². The number of carbonyl (C=O) groups is 2. The van der Waals surface area contributed by atoms with Crippen molar-refractivity contribution in [2.45, 2.75) is 84.3 Å². The monoisotopic (exact) mass is 653 g/mol. The van der Waals surface area contributed by atoms with Crippen molar-refractivity contribution < 1.29 is 23.5 Å². The van der Waals surface area contributed by atoms with Crippen molar-refractivity contribution >= 4 is 37.7 Å². The molecule has 0 bridgehead atoms. The summed E-state index contributed by atoms with van der Waals surface area (Å²) in [6.45, 7) is 19.3. The molecule has 0 aliphatic rings. The second-order valence-electron chi connectivity index (χ2n) is 13.8. The SMILES string of the molecule is COC(=O)c1cccc(-c2cccc(NC[C@@H](C)N(C[C@H](O[Si](C)(C)C(C)(C)C)c3cccc(Cl)c3)C(=O)OC(C)(C)C)c2)n1. The van der Waals surface area contributed by atoms with Gasteiger partial charge in [0, 0.05) is 28.9 Å². The van der Waals surface area contributed by atoms with Crippen LogP contribution in [0.4, 0.5) is 10.5 Å². The number of amides is 1. The third kappa shape index (κ3) is 10.3. The Morgan fingerprint density at radius 1 is 0.978 bits per heavy atom. The van der Waals surface area contributed by atoms with Gasteiger partial charge in [0.25, 0.3) is 0 Å². The fraction of sp³-hybridized carbons (Fsp3) is 0.457. The van der Waals surface area contributed by atoms with Crippen LogP contribution < -0.4 is 5.32 Å². The summed E-state index contributed by atoms with van der Waals surface area (Å²) < 4.78 is 17.7. The lowest BCUT2D eigenvalue weighted by Crippen LogP contribution is -2.49. The van der Waals surface area contributed by atoms with E-state index in [0.717, 1.165) is 16.8 Å². The molecule has 2 atom stereocenters. The van der Waals surface area contributed by atoms with Crippen molar-refractivity contribution in [2.75, 3.05) is 25.5 Å². The van der Waals surface area contributed by atoms with E-state index in [4.69, 9.17) is 25.5 Å². The van der Waals surface area contributed by atoms with Gasteiger partial charge >= 0.3 is 12.1 Å². The van der Waals surface area contributed by atoms with E-state index in [-0.39, 0.29) is 23.3 Å². The van der Waals surface area contributed by atoms with E-state index in [1.54, 1.807) is 17.0 Å². The summed E-state index contributed by atoms with van der Waals surface area (Å²) in [6, 6.07) is 20.4. The summed E-state index contributed by atoms with van der Waals surface area (Å²) in [4.78, 5) is 31.9. The van der Waals surface area contributed by atoms with Crippen molar-refractivity contribution in [1.82, 2.24) is 9.88 Å². The van der Waals surface area contributed by atoms with Gasteiger partial charge in [-0.2, -0.15) is 0 Å². The molecule has 0 radical (unpaired) electrons. The molecule has 0 saturated heterocycles. The normalized spacial score (nSPS) is 13.5. The van der Waals surface area contributed by atoms with E-state index < -0.39 is 32.1 Å². The fourth-order valence-corrected chi connectivity index (χ4v) is 5.84. The maximum Gasteiger partial charge on any atom is 0.410 e. The molecule has 0 aliphatic carbocycles. The number of rotatable bonds is 11. The van der Waals surface area contributed by atoms with Gasteiger partial charge in [0.1, 0.15) is 11.3 Å². The molecular formula is C35H48ClN3O5Si. The molecule has 0 aliphatic heterocycles. The van der Waals surface area contributed by atoms with Gasteiger partial charge in [-0.15, -0.1) is 0 Å². The summed E-state index contributed by atoms with van der Waals surface area (Å²) in [5.74, 6) is -0.490. The molecule has 1 heterocycles. The van der Waals surface area contributed by atoms with Gasteiger partial charge in [-0.05, 0) is 87.8 Å². The lowest BCUT2D eigenvalue weighted by Gasteiger charge is -2.41. The second kappa shape index (κ2) is 14.8. The molecule has 45 heavy (non-hydrogen) atoms. The molecule has 0 fully saturated rings. The molecule has 0 unspecified atom stereocenters. The van der Waals surface area contributed by atoms with E-state index in [9.17, 15) is 9.59 Å². The zero-order chi connectivity index (χ0) is 33.6. The van der Waals surface area contributed by atoms with Crippen LogP contribution in [0.25, 0.3) is 11.3 Å². The molecule has 2 aromatic carbocycles. The zero-order valence-corrected chi connectivity index (χ0v) is 30.0. The van der Waals surface area contributed by atoms with Crippen LogP contribution in [0.1, 0.15) is 70.6 Å². The number of pyridine rings is 1. The van der Waals surface area contributed by atoms with Gasteiger partial charge in [-0.3, -0.25) is 0 Å². The molecular weight excluding hydrogens is 606 g/mol. The van der Waals surface area contributed by atoms with E-state index in [2.05, 4.69) is 44.2 Å². The smallest absolute Gasteiger partial charge is 0.410 e. The Bertz CT molecular complexity index is 1470. The lowest BCUT2D eigenvalue weighted by molar-refractivity contribution is 0.00798. The van der Waals surface area contributed by atoms with Gasteiger partial charge in [0.2, 0.25) is 0 Å². The Kier molecular flexibility index (Phi) is 11.9. The number of hydrogen-bond donors (Lipinski definition) is 1. The minimum atomic E-state index is -2.25. The summed E-state index contributed by atoms with van der Waals surface area (Å²) >= 11 is 6.42. The zero-order valence-electron chi connectivity index (χ0n) is 28.2. The minimum Gasteiger partial charge on any atom is -0.464 e. The molecule has 1 N–H and O–H groups in total. The summed E-state index contributed by atoms with van der Waals surface area (Å²) in [7, 11) is -0.914. The number of benzene rings is 2.